The first-order chi connectivity index (χ1) is 10.2. The Bertz CT molecular complexity index is 582. The van der Waals surface area contributed by atoms with E-state index >= 15 is 0 Å². The zero-order chi connectivity index (χ0) is 15.1. The molecule has 0 saturated heterocycles. The molecule has 0 unspecified atom stereocenters. The predicted molar refractivity (Wildman–Crippen MR) is 77.5 cm³/mol. The second kappa shape index (κ2) is 7.35. The number of amides is 1. The van der Waals surface area contributed by atoms with Gasteiger partial charge >= 0.3 is 0 Å². The zero-order valence-electron chi connectivity index (χ0n) is 12.0. The molecule has 0 aliphatic heterocycles. The molecule has 0 aliphatic rings. The third kappa shape index (κ3) is 4.54. The van der Waals surface area contributed by atoms with Crippen LogP contribution in [0, 0.1) is 6.92 Å². The Morgan fingerprint density at radius 3 is 2.52 bits per heavy atom. The van der Waals surface area contributed by atoms with Gasteiger partial charge < -0.3 is 14.8 Å². The van der Waals surface area contributed by atoms with Gasteiger partial charge in [-0.15, -0.1) is 5.10 Å². The van der Waals surface area contributed by atoms with Gasteiger partial charge in [-0.3, -0.25) is 4.79 Å². The van der Waals surface area contributed by atoms with E-state index in [1.807, 2.05) is 13.0 Å². The van der Waals surface area contributed by atoms with E-state index in [-0.39, 0.29) is 5.91 Å². The number of benzene rings is 1. The van der Waals surface area contributed by atoms with Crippen LogP contribution in [0.2, 0.25) is 0 Å². The van der Waals surface area contributed by atoms with Crippen LogP contribution in [0.4, 0.5) is 0 Å². The van der Waals surface area contributed by atoms with E-state index in [0.29, 0.717) is 30.3 Å². The fraction of sp³-hybridized carbons (Fsp3) is 0.267. The summed E-state index contributed by atoms with van der Waals surface area (Å²) in [7, 11) is 1.59. The highest BCUT2D eigenvalue weighted by Crippen LogP contribution is 2.19. The molecular formula is C15H17N3O3. The van der Waals surface area contributed by atoms with Crippen molar-refractivity contribution in [2.75, 3.05) is 20.3 Å². The Kier molecular flexibility index (Phi) is 5.22. The fourth-order valence-corrected chi connectivity index (χ4v) is 1.60. The Balaban J connectivity index is 1.95. The van der Waals surface area contributed by atoms with Crippen LogP contribution in [0.1, 0.15) is 16.1 Å². The van der Waals surface area contributed by atoms with Crippen molar-refractivity contribution in [2.45, 2.75) is 6.92 Å². The molecular weight excluding hydrogens is 270 g/mol. The van der Waals surface area contributed by atoms with Gasteiger partial charge in [0.2, 0.25) is 5.88 Å². The molecule has 6 nitrogen and oxygen atoms in total. The maximum Gasteiger partial charge on any atom is 0.251 e. The van der Waals surface area contributed by atoms with E-state index in [1.165, 1.54) is 0 Å². The number of hydrogen-bond donors (Lipinski definition) is 1. The number of aromatic nitrogens is 2. The molecule has 0 fully saturated rings. The van der Waals surface area contributed by atoms with Gasteiger partial charge in [-0.2, -0.15) is 5.10 Å². The summed E-state index contributed by atoms with van der Waals surface area (Å²) in [5.74, 6) is 0.869. The van der Waals surface area contributed by atoms with Gasteiger partial charge in [0.15, 0.2) is 0 Å². The molecule has 1 aromatic carbocycles. The number of carbonyl (C=O) groups excluding carboxylic acids is 1. The number of hydrogen-bond acceptors (Lipinski definition) is 5. The molecule has 1 amide bonds. The SMILES string of the molecule is COCCNC(=O)c1ccc(Oc2ccc(C)nn2)cc1. The van der Waals surface area contributed by atoms with Gasteiger partial charge in [-0.1, -0.05) is 0 Å². The Labute approximate surface area is 123 Å². The molecule has 0 aliphatic carbocycles. The first kappa shape index (κ1) is 14.9. The molecule has 1 heterocycles. The highest BCUT2D eigenvalue weighted by atomic mass is 16.5. The standard InChI is InChI=1S/C15H17N3O3/c1-11-3-8-14(18-17-11)21-13-6-4-12(5-7-13)15(19)16-9-10-20-2/h3-8H,9-10H2,1-2H3,(H,16,19). The summed E-state index contributed by atoms with van der Waals surface area (Å²) in [4.78, 5) is 11.8. The van der Waals surface area contributed by atoms with Crippen LogP contribution in [-0.2, 0) is 4.74 Å². The summed E-state index contributed by atoms with van der Waals surface area (Å²) >= 11 is 0. The molecule has 0 atom stereocenters. The average Bonchev–Trinajstić information content (AvgIpc) is 2.50. The lowest BCUT2D eigenvalue weighted by Gasteiger charge is -2.06. The Morgan fingerprint density at radius 1 is 1.14 bits per heavy atom. The van der Waals surface area contributed by atoms with E-state index in [2.05, 4.69) is 15.5 Å². The largest absolute Gasteiger partial charge is 0.438 e. The lowest BCUT2D eigenvalue weighted by atomic mass is 10.2. The van der Waals surface area contributed by atoms with Gasteiger partial charge in [-0.25, -0.2) is 0 Å². The van der Waals surface area contributed by atoms with Gasteiger partial charge in [0.1, 0.15) is 5.75 Å². The summed E-state index contributed by atoms with van der Waals surface area (Å²) in [6.07, 6.45) is 0. The quantitative estimate of drug-likeness (QED) is 0.822. The van der Waals surface area contributed by atoms with Gasteiger partial charge in [-0.05, 0) is 37.3 Å². The maximum absolute atomic E-state index is 11.8. The minimum Gasteiger partial charge on any atom is -0.438 e. The van der Waals surface area contributed by atoms with Crippen LogP contribution in [0.3, 0.4) is 0 Å². The summed E-state index contributed by atoms with van der Waals surface area (Å²) in [6, 6.07) is 10.4. The Morgan fingerprint density at radius 2 is 1.90 bits per heavy atom. The summed E-state index contributed by atoms with van der Waals surface area (Å²) in [5, 5.41) is 10.6. The van der Waals surface area contributed by atoms with Crippen molar-refractivity contribution in [1.82, 2.24) is 15.5 Å². The number of rotatable bonds is 6. The smallest absolute Gasteiger partial charge is 0.251 e. The summed E-state index contributed by atoms with van der Waals surface area (Å²) in [5.41, 5.74) is 1.39. The van der Waals surface area contributed by atoms with Crippen LogP contribution in [0.25, 0.3) is 0 Å². The molecule has 21 heavy (non-hydrogen) atoms. The molecule has 2 aromatic rings. The number of ether oxygens (including phenoxy) is 2. The lowest BCUT2D eigenvalue weighted by Crippen LogP contribution is -2.26. The monoisotopic (exact) mass is 287 g/mol. The first-order valence-electron chi connectivity index (χ1n) is 6.54. The number of methoxy groups -OCH3 is 1. The van der Waals surface area contributed by atoms with Crippen molar-refractivity contribution in [2.24, 2.45) is 0 Å². The number of nitrogens with one attached hydrogen (secondary N) is 1. The molecule has 6 heteroatoms. The van der Waals surface area contributed by atoms with E-state index in [4.69, 9.17) is 9.47 Å². The molecule has 110 valence electrons. The van der Waals surface area contributed by atoms with Crippen LogP contribution >= 0.6 is 0 Å². The minimum absolute atomic E-state index is 0.145. The van der Waals surface area contributed by atoms with Crippen molar-refractivity contribution in [3.05, 3.63) is 47.7 Å². The normalized spacial score (nSPS) is 10.2. The first-order valence-corrected chi connectivity index (χ1v) is 6.54. The van der Waals surface area contributed by atoms with Crippen LogP contribution < -0.4 is 10.1 Å². The molecule has 0 radical (unpaired) electrons. The van der Waals surface area contributed by atoms with Crippen LogP contribution in [-0.4, -0.2) is 36.4 Å². The number of aryl methyl sites for hydroxylation is 1. The third-order valence-electron chi connectivity index (χ3n) is 2.70. The molecule has 1 N–H and O–H groups in total. The average molecular weight is 287 g/mol. The predicted octanol–water partition coefficient (Wildman–Crippen LogP) is 1.95. The number of carbonyl (C=O) groups is 1. The van der Waals surface area contributed by atoms with Crippen molar-refractivity contribution in [1.29, 1.82) is 0 Å². The molecule has 0 bridgehead atoms. The van der Waals surface area contributed by atoms with E-state index in [0.717, 1.165) is 5.69 Å². The van der Waals surface area contributed by atoms with Gasteiger partial charge in [0, 0.05) is 25.3 Å². The second-order valence-electron chi connectivity index (χ2n) is 4.39. The lowest BCUT2D eigenvalue weighted by molar-refractivity contribution is 0.0937. The zero-order valence-corrected chi connectivity index (χ0v) is 12.0. The summed E-state index contributed by atoms with van der Waals surface area (Å²) in [6.45, 7) is 2.82. The molecule has 2 rings (SSSR count). The topological polar surface area (TPSA) is 73.3 Å². The van der Waals surface area contributed by atoms with Crippen molar-refractivity contribution >= 4 is 5.91 Å². The van der Waals surface area contributed by atoms with E-state index in [1.54, 1.807) is 37.4 Å². The van der Waals surface area contributed by atoms with E-state index < -0.39 is 0 Å². The van der Waals surface area contributed by atoms with Gasteiger partial charge in [0.05, 0.1) is 12.3 Å². The second-order valence-corrected chi connectivity index (χ2v) is 4.39. The Hall–Kier alpha value is -2.47. The van der Waals surface area contributed by atoms with Crippen molar-refractivity contribution < 1.29 is 14.3 Å². The molecule has 0 saturated carbocycles. The number of nitrogens with zero attached hydrogens (tertiary/aromatic N) is 2. The van der Waals surface area contributed by atoms with Gasteiger partial charge in [0.25, 0.3) is 5.91 Å². The van der Waals surface area contributed by atoms with Crippen LogP contribution in [0.15, 0.2) is 36.4 Å². The highest BCUT2D eigenvalue weighted by Gasteiger charge is 2.05. The summed E-state index contributed by atoms with van der Waals surface area (Å²) < 4.78 is 10.4. The maximum atomic E-state index is 11.8. The minimum atomic E-state index is -0.145. The molecule has 0 spiro atoms. The third-order valence-corrected chi connectivity index (χ3v) is 2.70. The van der Waals surface area contributed by atoms with Crippen molar-refractivity contribution in [3.8, 4) is 11.6 Å². The van der Waals surface area contributed by atoms with Crippen LogP contribution in [0.5, 0.6) is 11.6 Å². The van der Waals surface area contributed by atoms with E-state index in [9.17, 15) is 4.79 Å². The molecule has 1 aromatic heterocycles. The van der Waals surface area contributed by atoms with Crippen molar-refractivity contribution in [3.63, 3.8) is 0 Å². The highest BCUT2D eigenvalue weighted by molar-refractivity contribution is 5.94. The fourth-order valence-electron chi connectivity index (χ4n) is 1.60.